The zero-order valence-corrected chi connectivity index (χ0v) is 13.2. The average Bonchev–Trinajstić information content (AvgIpc) is 2.87. The van der Waals surface area contributed by atoms with Crippen LogP contribution in [0.5, 0.6) is 0 Å². The van der Waals surface area contributed by atoms with E-state index in [4.69, 9.17) is 11.6 Å². The minimum atomic E-state index is -0.359. The highest BCUT2D eigenvalue weighted by Crippen LogP contribution is 2.30. The number of halogens is 2. The third kappa shape index (κ3) is 3.35. The Morgan fingerprint density at radius 1 is 1.24 bits per heavy atom. The number of hydrogen-bond donors (Lipinski definition) is 0. The van der Waals surface area contributed by atoms with E-state index in [1.54, 1.807) is 18.2 Å². The number of carbonyl (C=O) groups excluding carboxylic acids is 1. The summed E-state index contributed by atoms with van der Waals surface area (Å²) >= 11 is 6.06. The summed E-state index contributed by atoms with van der Waals surface area (Å²) in [5, 5.41) is 0.370. The summed E-state index contributed by atoms with van der Waals surface area (Å²) in [6, 6.07) is 8.47. The smallest absolute Gasteiger partial charge is 0.179 e. The molecule has 0 bridgehead atoms. The number of rotatable bonds is 5. The molecule has 0 fully saturated rings. The molecule has 0 aliphatic carbocycles. The predicted molar refractivity (Wildman–Crippen MR) is 83.6 cm³/mol. The lowest BCUT2D eigenvalue weighted by Gasteiger charge is -2.16. The van der Waals surface area contributed by atoms with Crippen molar-refractivity contribution in [1.29, 1.82) is 0 Å². The second-order valence-corrected chi connectivity index (χ2v) is 5.97. The second-order valence-electron chi connectivity index (χ2n) is 5.56. The van der Waals surface area contributed by atoms with E-state index in [1.165, 1.54) is 6.07 Å². The van der Waals surface area contributed by atoms with Crippen LogP contribution in [0.1, 0.15) is 55.2 Å². The lowest BCUT2D eigenvalue weighted by atomic mass is 9.94. The summed E-state index contributed by atoms with van der Waals surface area (Å²) in [5.41, 5.74) is 1.07. The van der Waals surface area contributed by atoms with E-state index in [2.05, 4.69) is 0 Å². The Hall–Kier alpha value is -1.61. The van der Waals surface area contributed by atoms with Crippen molar-refractivity contribution in [1.82, 2.24) is 4.57 Å². The van der Waals surface area contributed by atoms with Crippen LogP contribution in [0.4, 0.5) is 4.39 Å². The summed E-state index contributed by atoms with van der Waals surface area (Å²) < 4.78 is 15.8. The molecule has 1 aromatic carbocycles. The van der Waals surface area contributed by atoms with Crippen molar-refractivity contribution < 1.29 is 9.18 Å². The van der Waals surface area contributed by atoms with Crippen LogP contribution in [0.15, 0.2) is 36.5 Å². The van der Waals surface area contributed by atoms with E-state index >= 15 is 0 Å². The average molecular weight is 308 g/mol. The van der Waals surface area contributed by atoms with Crippen LogP contribution in [0, 0.1) is 5.82 Å². The van der Waals surface area contributed by atoms with Gasteiger partial charge >= 0.3 is 0 Å². The first-order chi connectivity index (χ1) is 9.91. The number of nitrogens with zero attached hydrogens (tertiary/aromatic N) is 1. The Morgan fingerprint density at radius 3 is 2.57 bits per heavy atom. The lowest BCUT2D eigenvalue weighted by Crippen LogP contribution is -2.13. The van der Waals surface area contributed by atoms with Gasteiger partial charge in [-0.15, -0.1) is 0 Å². The minimum absolute atomic E-state index is 0.000481. The maximum Gasteiger partial charge on any atom is 0.179 e. The Bertz CT molecular complexity index is 628. The quantitative estimate of drug-likeness (QED) is 0.692. The molecule has 2 aromatic rings. The topological polar surface area (TPSA) is 22.0 Å². The molecule has 1 atom stereocenters. The predicted octanol–water partition coefficient (Wildman–Crippen LogP) is 5.24. The summed E-state index contributed by atoms with van der Waals surface area (Å²) in [7, 11) is 0. The van der Waals surface area contributed by atoms with Crippen LogP contribution >= 0.6 is 11.6 Å². The van der Waals surface area contributed by atoms with E-state index in [9.17, 15) is 9.18 Å². The summed E-state index contributed by atoms with van der Waals surface area (Å²) in [5.74, 6) is -0.621. The molecule has 2 nitrogen and oxygen atoms in total. The first kappa shape index (κ1) is 15.8. The fraction of sp³-hybridized carbons (Fsp3) is 0.353. The highest BCUT2D eigenvalue weighted by molar-refractivity contribution is 6.31. The van der Waals surface area contributed by atoms with E-state index < -0.39 is 0 Å². The molecule has 0 N–H and O–H groups in total. The van der Waals surface area contributed by atoms with Crippen LogP contribution in [0.25, 0.3) is 0 Å². The summed E-state index contributed by atoms with van der Waals surface area (Å²) in [6.45, 7) is 5.87. The molecule has 112 valence electrons. The van der Waals surface area contributed by atoms with Crippen molar-refractivity contribution >= 4 is 17.4 Å². The third-order valence-corrected chi connectivity index (χ3v) is 3.93. The Morgan fingerprint density at radius 2 is 1.95 bits per heavy atom. The van der Waals surface area contributed by atoms with Crippen LogP contribution in [-0.4, -0.2) is 10.4 Å². The number of Topliss-reactive ketones (excluding diaryl/α,β-unsaturated/α-hetero) is 1. The van der Waals surface area contributed by atoms with Gasteiger partial charge in [-0.3, -0.25) is 4.79 Å². The first-order valence-corrected chi connectivity index (χ1v) is 7.43. The molecular formula is C17H19ClFNO. The molecule has 4 heteroatoms. The van der Waals surface area contributed by atoms with Crippen LogP contribution < -0.4 is 0 Å². The van der Waals surface area contributed by atoms with Crippen molar-refractivity contribution in [3.05, 3.63) is 58.6 Å². The second kappa shape index (κ2) is 6.44. The van der Waals surface area contributed by atoms with Crippen LogP contribution in [0.3, 0.4) is 0 Å². The van der Waals surface area contributed by atoms with Gasteiger partial charge in [0.25, 0.3) is 0 Å². The van der Waals surface area contributed by atoms with Crippen molar-refractivity contribution in [3.63, 3.8) is 0 Å². The molecule has 0 spiro atoms. The Kier molecular flexibility index (Phi) is 4.84. The maximum atomic E-state index is 13.9. The Labute approximate surface area is 129 Å². The number of benzene rings is 1. The van der Waals surface area contributed by atoms with Crippen molar-refractivity contribution in [2.45, 2.75) is 39.2 Å². The van der Waals surface area contributed by atoms with E-state index in [0.717, 1.165) is 0 Å². The lowest BCUT2D eigenvalue weighted by molar-refractivity contribution is 0.0965. The van der Waals surface area contributed by atoms with Gasteiger partial charge < -0.3 is 4.57 Å². The summed E-state index contributed by atoms with van der Waals surface area (Å²) in [4.78, 5) is 12.5. The SMILES string of the molecule is CC(C)n1cccc1C(=O)C[C@@H](C)c1c(F)cccc1Cl. The third-order valence-electron chi connectivity index (χ3n) is 3.61. The number of hydrogen-bond acceptors (Lipinski definition) is 1. The van der Waals surface area contributed by atoms with Gasteiger partial charge in [0.15, 0.2) is 5.78 Å². The minimum Gasteiger partial charge on any atom is -0.343 e. The van der Waals surface area contributed by atoms with Crippen molar-refractivity contribution in [2.75, 3.05) is 0 Å². The van der Waals surface area contributed by atoms with Gasteiger partial charge in [0, 0.05) is 29.2 Å². The highest BCUT2D eigenvalue weighted by Gasteiger charge is 2.20. The first-order valence-electron chi connectivity index (χ1n) is 7.05. The van der Waals surface area contributed by atoms with Gasteiger partial charge in [-0.1, -0.05) is 24.6 Å². The van der Waals surface area contributed by atoms with Gasteiger partial charge in [0.2, 0.25) is 0 Å². The molecule has 0 amide bonds. The Balaban J connectivity index is 2.21. The standard InChI is InChI=1S/C17H19ClFNO/c1-11(2)20-9-5-8-15(20)16(21)10-12(3)17-13(18)6-4-7-14(17)19/h4-9,11-12H,10H2,1-3H3/t12-/m1/s1. The van der Waals surface area contributed by atoms with Gasteiger partial charge in [0.1, 0.15) is 5.82 Å². The van der Waals surface area contributed by atoms with Crippen molar-refractivity contribution in [3.8, 4) is 0 Å². The molecule has 0 aliphatic heterocycles. The molecule has 1 heterocycles. The van der Waals surface area contributed by atoms with Crippen LogP contribution in [-0.2, 0) is 0 Å². The molecule has 21 heavy (non-hydrogen) atoms. The van der Waals surface area contributed by atoms with Gasteiger partial charge in [-0.25, -0.2) is 4.39 Å². The summed E-state index contributed by atoms with van der Waals surface area (Å²) in [6.07, 6.45) is 2.12. The maximum absolute atomic E-state index is 13.9. The number of ketones is 1. The molecule has 0 saturated heterocycles. The molecule has 2 rings (SSSR count). The molecule has 0 radical (unpaired) electrons. The molecule has 0 aliphatic rings. The molecule has 0 saturated carbocycles. The molecular weight excluding hydrogens is 289 g/mol. The van der Waals surface area contributed by atoms with Crippen LogP contribution in [0.2, 0.25) is 5.02 Å². The fourth-order valence-electron chi connectivity index (χ4n) is 2.55. The zero-order chi connectivity index (χ0) is 15.6. The van der Waals surface area contributed by atoms with E-state index in [1.807, 2.05) is 37.6 Å². The normalized spacial score (nSPS) is 12.7. The zero-order valence-electron chi connectivity index (χ0n) is 12.4. The molecule has 1 aromatic heterocycles. The van der Waals surface area contributed by atoms with E-state index in [0.29, 0.717) is 16.3 Å². The highest BCUT2D eigenvalue weighted by atomic mass is 35.5. The largest absolute Gasteiger partial charge is 0.343 e. The van der Waals surface area contributed by atoms with E-state index in [-0.39, 0.29) is 30.0 Å². The molecule has 0 unspecified atom stereocenters. The van der Waals surface area contributed by atoms with Gasteiger partial charge in [0.05, 0.1) is 5.69 Å². The number of carbonyl (C=O) groups is 1. The number of aromatic nitrogens is 1. The van der Waals surface area contributed by atoms with Crippen molar-refractivity contribution in [2.24, 2.45) is 0 Å². The van der Waals surface area contributed by atoms with Gasteiger partial charge in [-0.05, 0) is 44.0 Å². The van der Waals surface area contributed by atoms with Gasteiger partial charge in [-0.2, -0.15) is 0 Å². The monoisotopic (exact) mass is 307 g/mol. The fourth-order valence-corrected chi connectivity index (χ4v) is 2.90.